The molecule has 1 saturated heterocycles. The lowest BCUT2D eigenvalue weighted by Gasteiger charge is -2.12. The summed E-state index contributed by atoms with van der Waals surface area (Å²) in [5, 5.41) is 2.70. The van der Waals surface area contributed by atoms with Crippen LogP contribution in [0, 0.1) is 5.92 Å². The van der Waals surface area contributed by atoms with Crippen LogP contribution >= 0.6 is 39.3 Å². The number of halogens is 2. The third-order valence-corrected chi connectivity index (χ3v) is 5.91. The third-order valence-electron chi connectivity index (χ3n) is 4.13. The fourth-order valence-corrected chi connectivity index (χ4v) is 4.12. The van der Waals surface area contributed by atoms with Crippen LogP contribution in [0.4, 0.5) is 10.5 Å². The molecule has 2 aromatic carbocycles. The molecule has 1 N–H and O–H groups in total. The topological polar surface area (TPSA) is 75.7 Å². The molecule has 9 heteroatoms. The SMILES string of the molecule is CC(C)COc1ccc(/C=C2/SC(=O)N(CC(=O)Nc3ccc(Cl)cc3)C2=O)cc1Br. The van der Waals surface area contributed by atoms with Crippen molar-refractivity contribution < 1.29 is 19.1 Å². The molecule has 0 saturated carbocycles. The summed E-state index contributed by atoms with van der Waals surface area (Å²) in [4.78, 5) is 38.4. The van der Waals surface area contributed by atoms with Gasteiger partial charge < -0.3 is 10.1 Å². The van der Waals surface area contributed by atoms with Crippen molar-refractivity contribution in [1.29, 1.82) is 0 Å². The van der Waals surface area contributed by atoms with Crippen molar-refractivity contribution in [2.45, 2.75) is 13.8 Å². The molecule has 162 valence electrons. The number of rotatable bonds is 7. The number of ether oxygens (including phenoxy) is 1. The predicted octanol–water partition coefficient (Wildman–Crippen LogP) is 5.81. The minimum atomic E-state index is -0.502. The quantitative estimate of drug-likeness (QED) is 0.463. The van der Waals surface area contributed by atoms with Crippen LogP contribution in [0.2, 0.25) is 5.02 Å². The van der Waals surface area contributed by atoms with E-state index < -0.39 is 17.1 Å². The van der Waals surface area contributed by atoms with Crippen LogP contribution in [-0.4, -0.2) is 35.1 Å². The molecule has 0 radical (unpaired) electrons. The first-order chi connectivity index (χ1) is 14.7. The van der Waals surface area contributed by atoms with Gasteiger partial charge in [-0.15, -0.1) is 0 Å². The maximum Gasteiger partial charge on any atom is 0.294 e. The number of nitrogens with zero attached hydrogens (tertiary/aromatic N) is 1. The van der Waals surface area contributed by atoms with E-state index in [-0.39, 0.29) is 11.4 Å². The van der Waals surface area contributed by atoms with Gasteiger partial charge in [0.05, 0.1) is 16.0 Å². The van der Waals surface area contributed by atoms with E-state index in [0.717, 1.165) is 26.7 Å². The Morgan fingerprint density at radius 2 is 1.94 bits per heavy atom. The van der Waals surface area contributed by atoms with Gasteiger partial charge in [0, 0.05) is 10.7 Å². The van der Waals surface area contributed by atoms with E-state index in [4.69, 9.17) is 16.3 Å². The van der Waals surface area contributed by atoms with Gasteiger partial charge in [-0.2, -0.15) is 0 Å². The summed E-state index contributed by atoms with van der Waals surface area (Å²) >= 11 is 10.1. The summed E-state index contributed by atoms with van der Waals surface area (Å²) in [6.07, 6.45) is 1.62. The molecule has 2 aromatic rings. The second-order valence-corrected chi connectivity index (χ2v) is 9.50. The van der Waals surface area contributed by atoms with E-state index in [0.29, 0.717) is 29.0 Å². The van der Waals surface area contributed by atoms with E-state index in [1.807, 2.05) is 18.2 Å². The molecule has 3 rings (SSSR count). The number of nitrogens with one attached hydrogen (secondary N) is 1. The minimum Gasteiger partial charge on any atom is -0.492 e. The summed E-state index contributed by atoms with van der Waals surface area (Å²) in [5.41, 5.74) is 1.27. The van der Waals surface area contributed by atoms with Crippen LogP contribution in [0.25, 0.3) is 6.08 Å². The van der Waals surface area contributed by atoms with Gasteiger partial charge in [-0.05, 0) is 81.6 Å². The highest BCUT2D eigenvalue weighted by atomic mass is 79.9. The Labute approximate surface area is 198 Å². The van der Waals surface area contributed by atoms with Gasteiger partial charge in [-0.3, -0.25) is 19.3 Å². The predicted molar refractivity (Wildman–Crippen MR) is 127 cm³/mol. The highest BCUT2D eigenvalue weighted by Crippen LogP contribution is 2.34. The Morgan fingerprint density at radius 3 is 2.58 bits per heavy atom. The number of hydrogen-bond donors (Lipinski definition) is 1. The van der Waals surface area contributed by atoms with Crippen molar-refractivity contribution in [2.24, 2.45) is 5.92 Å². The van der Waals surface area contributed by atoms with Crippen molar-refractivity contribution >= 4 is 68.1 Å². The molecule has 0 spiro atoms. The Morgan fingerprint density at radius 1 is 1.23 bits per heavy atom. The van der Waals surface area contributed by atoms with E-state index in [1.54, 1.807) is 30.3 Å². The van der Waals surface area contributed by atoms with E-state index in [1.165, 1.54) is 0 Å². The summed E-state index contributed by atoms with van der Waals surface area (Å²) in [5.74, 6) is 0.130. The van der Waals surface area contributed by atoms with Crippen LogP contribution < -0.4 is 10.1 Å². The van der Waals surface area contributed by atoms with Crippen LogP contribution in [0.15, 0.2) is 51.8 Å². The molecule has 1 aliphatic heterocycles. The van der Waals surface area contributed by atoms with Gasteiger partial charge >= 0.3 is 0 Å². The molecule has 1 aliphatic rings. The van der Waals surface area contributed by atoms with Gasteiger partial charge in [0.15, 0.2) is 0 Å². The van der Waals surface area contributed by atoms with Crippen LogP contribution in [0.1, 0.15) is 19.4 Å². The van der Waals surface area contributed by atoms with Crippen LogP contribution in [-0.2, 0) is 9.59 Å². The molecule has 1 heterocycles. The molecule has 31 heavy (non-hydrogen) atoms. The molecule has 0 aliphatic carbocycles. The summed E-state index contributed by atoms with van der Waals surface area (Å²) in [6.45, 7) is 4.35. The smallest absolute Gasteiger partial charge is 0.294 e. The van der Waals surface area contributed by atoms with Gasteiger partial charge in [0.2, 0.25) is 5.91 Å². The average molecular weight is 524 g/mol. The first-order valence-electron chi connectivity index (χ1n) is 9.46. The normalized spacial score (nSPS) is 15.1. The number of imide groups is 1. The molecule has 3 amide bonds. The minimum absolute atomic E-state index is 0.257. The largest absolute Gasteiger partial charge is 0.492 e. The monoisotopic (exact) mass is 522 g/mol. The molecule has 1 fully saturated rings. The Balaban J connectivity index is 1.66. The number of hydrogen-bond acceptors (Lipinski definition) is 5. The van der Waals surface area contributed by atoms with Crippen LogP contribution in [0.3, 0.4) is 0 Å². The number of thioether (sulfide) groups is 1. The van der Waals surface area contributed by atoms with Crippen molar-refractivity contribution in [1.82, 2.24) is 4.90 Å². The Bertz CT molecular complexity index is 1040. The lowest BCUT2D eigenvalue weighted by atomic mass is 10.2. The molecule has 0 unspecified atom stereocenters. The number of carbonyl (C=O) groups is 3. The van der Waals surface area contributed by atoms with Gasteiger partial charge in [0.25, 0.3) is 11.1 Å². The first kappa shape index (κ1) is 23.4. The number of carbonyl (C=O) groups excluding carboxylic acids is 3. The van der Waals surface area contributed by atoms with E-state index >= 15 is 0 Å². The van der Waals surface area contributed by atoms with Crippen molar-refractivity contribution in [3.05, 3.63) is 62.4 Å². The Kier molecular flexibility index (Phi) is 7.80. The molecule has 0 bridgehead atoms. The molecule has 0 aromatic heterocycles. The zero-order valence-electron chi connectivity index (χ0n) is 16.9. The average Bonchev–Trinajstić information content (AvgIpc) is 2.96. The standard InChI is InChI=1S/C22H20BrClN2O4S/c1-13(2)12-30-18-8-3-14(9-17(18)23)10-19-21(28)26(22(29)31-19)11-20(27)25-16-6-4-15(24)5-7-16/h3-10,13H,11-12H2,1-2H3,(H,25,27)/b19-10+. The van der Waals surface area contributed by atoms with Crippen molar-refractivity contribution in [3.63, 3.8) is 0 Å². The molecular formula is C22H20BrClN2O4S. The lowest BCUT2D eigenvalue weighted by molar-refractivity contribution is -0.127. The van der Waals surface area contributed by atoms with E-state index in [9.17, 15) is 14.4 Å². The lowest BCUT2D eigenvalue weighted by Crippen LogP contribution is -2.36. The highest BCUT2D eigenvalue weighted by Gasteiger charge is 2.36. The van der Waals surface area contributed by atoms with Crippen LogP contribution in [0.5, 0.6) is 5.75 Å². The van der Waals surface area contributed by atoms with Gasteiger partial charge in [-0.25, -0.2) is 0 Å². The summed E-state index contributed by atoms with van der Waals surface area (Å²) in [7, 11) is 0. The second kappa shape index (κ2) is 10.3. The zero-order chi connectivity index (χ0) is 22.5. The number of benzene rings is 2. The number of amides is 3. The van der Waals surface area contributed by atoms with Crippen molar-refractivity contribution in [2.75, 3.05) is 18.5 Å². The van der Waals surface area contributed by atoms with Gasteiger partial charge in [-0.1, -0.05) is 31.5 Å². The second-order valence-electron chi connectivity index (χ2n) is 7.22. The van der Waals surface area contributed by atoms with E-state index in [2.05, 4.69) is 35.1 Å². The van der Waals surface area contributed by atoms with Gasteiger partial charge in [0.1, 0.15) is 12.3 Å². The maximum absolute atomic E-state index is 12.7. The first-order valence-corrected chi connectivity index (χ1v) is 11.4. The fourth-order valence-electron chi connectivity index (χ4n) is 2.65. The third kappa shape index (κ3) is 6.35. The zero-order valence-corrected chi connectivity index (χ0v) is 20.0. The number of anilines is 1. The fraction of sp³-hybridized carbons (Fsp3) is 0.227. The summed E-state index contributed by atoms with van der Waals surface area (Å²) in [6, 6.07) is 12.0. The maximum atomic E-state index is 12.7. The summed E-state index contributed by atoms with van der Waals surface area (Å²) < 4.78 is 6.48. The van der Waals surface area contributed by atoms with Crippen molar-refractivity contribution in [3.8, 4) is 5.75 Å². The Hall–Kier alpha value is -2.29. The molecular weight excluding hydrogens is 504 g/mol. The molecule has 6 nitrogen and oxygen atoms in total. The molecule has 0 atom stereocenters. The highest BCUT2D eigenvalue weighted by molar-refractivity contribution is 9.10.